The van der Waals surface area contributed by atoms with Crippen molar-refractivity contribution in [2.24, 2.45) is 0 Å². The number of amides is 1. The maximum Gasteiger partial charge on any atom is 0.255 e. The fourth-order valence-corrected chi connectivity index (χ4v) is 4.10. The molecule has 0 aliphatic carbocycles. The Bertz CT molecular complexity index is 1290. The molecule has 3 aromatic carbocycles. The number of nitrogens with zero attached hydrogens (tertiary/aromatic N) is 1. The Hall–Kier alpha value is -3.72. The molecule has 0 aliphatic rings. The molecular weight excluding hydrogens is 447 g/mol. The van der Waals surface area contributed by atoms with Crippen molar-refractivity contribution < 1.29 is 27.1 Å². The second-order valence-corrected chi connectivity index (χ2v) is 9.27. The van der Waals surface area contributed by atoms with E-state index in [0.717, 1.165) is 10.6 Å². The van der Waals surface area contributed by atoms with Crippen LogP contribution in [0.5, 0.6) is 5.75 Å². The first kappa shape index (κ1) is 23.9. The highest BCUT2D eigenvalue weighted by Gasteiger charge is 2.21. The first-order valence-electron chi connectivity index (χ1n) is 9.91. The summed E-state index contributed by atoms with van der Waals surface area (Å²) in [6, 6.07) is 16.3. The molecular formula is C24H23FN2O5S. The number of Topliss-reactive ketones (excluding diaryl/α,β-unsaturated/α-hetero) is 1. The van der Waals surface area contributed by atoms with Gasteiger partial charge < -0.3 is 10.1 Å². The molecule has 172 valence electrons. The van der Waals surface area contributed by atoms with E-state index in [-0.39, 0.29) is 23.6 Å². The quantitative estimate of drug-likeness (QED) is 0.497. The molecule has 3 aromatic rings. The summed E-state index contributed by atoms with van der Waals surface area (Å²) in [6.45, 7) is 1.31. The molecule has 0 aromatic heterocycles. The molecule has 33 heavy (non-hydrogen) atoms. The Kier molecular flexibility index (Phi) is 7.13. The fraction of sp³-hybridized carbons (Fsp3) is 0.167. The second-order valence-electron chi connectivity index (χ2n) is 7.36. The Labute approximate surface area is 191 Å². The monoisotopic (exact) mass is 470 g/mol. The van der Waals surface area contributed by atoms with Gasteiger partial charge in [0.2, 0.25) is 10.0 Å². The molecule has 0 atom stereocenters. The molecule has 0 spiro atoms. The summed E-state index contributed by atoms with van der Waals surface area (Å²) in [5.74, 6) is -0.662. The predicted molar refractivity (Wildman–Crippen MR) is 125 cm³/mol. The van der Waals surface area contributed by atoms with Crippen molar-refractivity contribution in [2.75, 3.05) is 23.0 Å². The van der Waals surface area contributed by atoms with Crippen LogP contribution in [-0.2, 0) is 16.6 Å². The summed E-state index contributed by atoms with van der Waals surface area (Å²) in [6.07, 6.45) is 1.04. The van der Waals surface area contributed by atoms with Crippen LogP contribution in [-0.4, -0.2) is 33.5 Å². The van der Waals surface area contributed by atoms with Crippen LogP contribution in [0.4, 0.5) is 15.8 Å². The Morgan fingerprint density at radius 2 is 1.70 bits per heavy atom. The Morgan fingerprint density at radius 3 is 2.30 bits per heavy atom. The minimum absolute atomic E-state index is 0.125. The van der Waals surface area contributed by atoms with Crippen LogP contribution in [0.3, 0.4) is 0 Å². The van der Waals surface area contributed by atoms with Crippen LogP contribution < -0.4 is 14.4 Å². The van der Waals surface area contributed by atoms with Crippen molar-refractivity contribution in [2.45, 2.75) is 13.5 Å². The molecule has 0 saturated heterocycles. The van der Waals surface area contributed by atoms with Gasteiger partial charge >= 0.3 is 0 Å². The molecule has 0 radical (unpaired) electrons. The highest BCUT2D eigenvalue weighted by Crippen LogP contribution is 2.27. The van der Waals surface area contributed by atoms with Crippen LogP contribution in [0.2, 0.25) is 0 Å². The zero-order chi connectivity index (χ0) is 24.2. The lowest BCUT2D eigenvalue weighted by Crippen LogP contribution is -2.29. The molecule has 0 aliphatic heterocycles. The van der Waals surface area contributed by atoms with Gasteiger partial charge in [-0.05, 0) is 61.5 Å². The fourth-order valence-electron chi connectivity index (χ4n) is 3.22. The lowest BCUT2D eigenvalue weighted by Gasteiger charge is -2.24. The van der Waals surface area contributed by atoms with Crippen molar-refractivity contribution in [3.63, 3.8) is 0 Å². The van der Waals surface area contributed by atoms with Crippen LogP contribution in [0.25, 0.3) is 0 Å². The van der Waals surface area contributed by atoms with Gasteiger partial charge in [-0.15, -0.1) is 0 Å². The molecule has 0 bridgehead atoms. The van der Waals surface area contributed by atoms with Crippen molar-refractivity contribution in [1.82, 2.24) is 0 Å². The lowest BCUT2D eigenvalue weighted by molar-refractivity contribution is 0.101. The number of hydrogen-bond donors (Lipinski definition) is 1. The summed E-state index contributed by atoms with van der Waals surface area (Å²) in [5, 5.41) is 2.73. The predicted octanol–water partition coefficient (Wildman–Crippen LogP) is 4.26. The van der Waals surface area contributed by atoms with Gasteiger partial charge in [0.15, 0.2) is 5.78 Å². The van der Waals surface area contributed by atoms with Gasteiger partial charge in [0.1, 0.15) is 11.6 Å². The summed E-state index contributed by atoms with van der Waals surface area (Å²) in [4.78, 5) is 24.4. The van der Waals surface area contributed by atoms with E-state index in [2.05, 4.69) is 5.32 Å². The third-order valence-electron chi connectivity index (χ3n) is 4.90. The van der Waals surface area contributed by atoms with Gasteiger partial charge in [-0.2, -0.15) is 0 Å². The van der Waals surface area contributed by atoms with E-state index in [1.54, 1.807) is 36.4 Å². The van der Waals surface area contributed by atoms with Crippen LogP contribution in [0.15, 0.2) is 66.7 Å². The van der Waals surface area contributed by atoms with Crippen LogP contribution in [0, 0.1) is 5.82 Å². The standard InChI is InChI=1S/C24H23FN2O5S/c1-16(28)17-5-4-6-21(14-17)26-24(29)18-7-12-23(32-2)19(13-18)15-27(33(3,30)31)22-10-8-20(25)9-11-22/h4-14H,15H2,1-3H3,(H,26,29). The third kappa shape index (κ3) is 5.95. The van der Waals surface area contributed by atoms with Gasteiger partial charge in [0.05, 0.1) is 25.6 Å². The third-order valence-corrected chi connectivity index (χ3v) is 6.04. The highest BCUT2D eigenvalue weighted by atomic mass is 32.2. The number of carbonyl (C=O) groups is 2. The number of carbonyl (C=O) groups excluding carboxylic acids is 2. The molecule has 9 heteroatoms. The van der Waals surface area contributed by atoms with Gasteiger partial charge in [-0.25, -0.2) is 12.8 Å². The van der Waals surface area contributed by atoms with Crippen LogP contribution in [0.1, 0.15) is 33.2 Å². The Balaban J connectivity index is 1.92. The maximum atomic E-state index is 13.3. The number of methoxy groups -OCH3 is 1. The first-order chi connectivity index (χ1) is 15.6. The molecule has 7 nitrogen and oxygen atoms in total. The molecule has 0 saturated carbocycles. The number of ketones is 1. The minimum atomic E-state index is -3.73. The molecule has 1 amide bonds. The summed E-state index contributed by atoms with van der Waals surface area (Å²) in [7, 11) is -2.29. The van der Waals surface area contributed by atoms with Crippen molar-refractivity contribution in [3.8, 4) is 5.75 Å². The average molecular weight is 471 g/mol. The number of nitrogens with one attached hydrogen (secondary N) is 1. The topological polar surface area (TPSA) is 92.8 Å². The summed E-state index contributed by atoms with van der Waals surface area (Å²) < 4.78 is 44.7. The first-order valence-corrected chi connectivity index (χ1v) is 11.8. The number of anilines is 2. The molecule has 0 heterocycles. The molecule has 1 N–H and O–H groups in total. The number of hydrogen-bond acceptors (Lipinski definition) is 5. The SMILES string of the molecule is COc1ccc(C(=O)Nc2cccc(C(C)=O)c2)cc1CN(c1ccc(F)cc1)S(C)(=O)=O. The zero-order valence-electron chi connectivity index (χ0n) is 18.3. The van der Waals surface area contributed by atoms with E-state index in [0.29, 0.717) is 22.6 Å². The number of rotatable bonds is 8. The maximum absolute atomic E-state index is 13.3. The van der Waals surface area contributed by atoms with Crippen LogP contribution >= 0.6 is 0 Å². The summed E-state index contributed by atoms with van der Waals surface area (Å²) >= 11 is 0. The molecule has 0 fully saturated rings. The van der Waals surface area contributed by atoms with E-state index in [9.17, 15) is 22.4 Å². The van der Waals surface area contributed by atoms with E-state index < -0.39 is 21.7 Å². The normalized spacial score (nSPS) is 11.0. The number of halogens is 1. The van der Waals surface area contributed by atoms with Crippen molar-refractivity contribution in [1.29, 1.82) is 0 Å². The van der Waals surface area contributed by atoms with E-state index in [1.807, 2.05) is 0 Å². The Morgan fingerprint density at radius 1 is 1.00 bits per heavy atom. The smallest absolute Gasteiger partial charge is 0.255 e. The number of ether oxygens (including phenoxy) is 1. The van der Waals surface area contributed by atoms with Gasteiger partial charge in [0, 0.05) is 22.4 Å². The van der Waals surface area contributed by atoms with E-state index in [4.69, 9.17) is 4.74 Å². The summed E-state index contributed by atoms with van der Waals surface area (Å²) in [5.41, 5.74) is 1.90. The van der Waals surface area contributed by atoms with Crippen molar-refractivity contribution in [3.05, 3.63) is 89.2 Å². The minimum Gasteiger partial charge on any atom is -0.496 e. The molecule has 3 rings (SSSR count). The lowest BCUT2D eigenvalue weighted by atomic mass is 10.1. The zero-order valence-corrected chi connectivity index (χ0v) is 19.1. The van der Waals surface area contributed by atoms with Gasteiger partial charge in [-0.3, -0.25) is 13.9 Å². The second kappa shape index (κ2) is 9.83. The van der Waals surface area contributed by atoms with Crippen molar-refractivity contribution >= 4 is 33.1 Å². The van der Waals surface area contributed by atoms with Gasteiger partial charge in [-0.1, -0.05) is 12.1 Å². The van der Waals surface area contributed by atoms with E-state index in [1.165, 1.54) is 44.4 Å². The largest absolute Gasteiger partial charge is 0.496 e. The highest BCUT2D eigenvalue weighted by molar-refractivity contribution is 7.92. The van der Waals surface area contributed by atoms with Gasteiger partial charge in [0.25, 0.3) is 5.91 Å². The number of sulfonamides is 1. The van der Waals surface area contributed by atoms with E-state index >= 15 is 0 Å². The average Bonchev–Trinajstić information content (AvgIpc) is 2.77. The molecule has 0 unspecified atom stereocenters. The number of benzene rings is 3.